The lowest BCUT2D eigenvalue weighted by Crippen LogP contribution is -2.35. The summed E-state index contributed by atoms with van der Waals surface area (Å²) in [6.07, 6.45) is 2.50. The summed E-state index contributed by atoms with van der Waals surface area (Å²) < 4.78 is 5.68. The Morgan fingerprint density at radius 3 is 2.52 bits per heavy atom. The molecule has 2 rings (SSSR count). The second kappa shape index (κ2) is 9.25. The van der Waals surface area contributed by atoms with Crippen LogP contribution in [0.5, 0.6) is 0 Å². The third-order valence-corrected chi connectivity index (χ3v) is 4.56. The molecule has 3 N–H and O–H groups in total. The lowest BCUT2D eigenvalue weighted by atomic mass is 10.0. The van der Waals surface area contributed by atoms with Gasteiger partial charge in [-0.1, -0.05) is 28.1 Å². The molecule has 0 aromatic heterocycles. The number of amides is 1. The average Bonchev–Trinajstić information content (AvgIpc) is 2.94. The first-order valence-corrected chi connectivity index (χ1v) is 8.17. The molecule has 7 heteroatoms. The van der Waals surface area contributed by atoms with Crippen molar-refractivity contribution in [1.29, 1.82) is 0 Å². The minimum absolute atomic E-state index is 0. The number of hydrogen-bond acceptors (Lipinski definition) is 4. The lowest BCUT2D eigenvalue weighted by Gasteiger charge is -2.20. The van der Waals surface area contributed by atoms with Crippen molar-refractivity contribution >= 4 is 40.2 Å². The van der Waals surface area contributed by atoms with Crippen LogP contribution in [0.1, 0.15) is 37.3 Å². The molecule has 0 spiro atoms. The summed E-state index contributed by atoms with van der Waals surface area (Å²) in [6, 6.07) is 7.26. The van der Waals surface area contributed by atoms with E-state index in [9.17, 15) is 9.59 Å². The number of benzene rings is 1. The summed E-state index contributed by atoms with van der Waals surface area (Å²) in [5.41, 5.74) is 6.74. The van der Waals surface area contributed by atoms with Crippen LogP contribution < -0.4 is 11.1 Å². The summed E-state index contributed by atoms with van der Waals surface area (Å²) in [5.74, 6) is -0.452. The molecule has 0 saturated heterocycles. The molecule has 1 aliphatic carbocycles. The van der Waals surface area contributed by atoms with E-state index < -0.39 is 0 Å². The zero-order chi connectivity index (χ0) is 16.1. The quantitative estimate of drug-likeness (QED) is 0.738. The second-order valence-corrected chi connectivity index (χ2v) is 6.58. The molecule has 23 heavy (non-hydrogen) atoms. The fourth-order valence-electron chi connectivity index (χ4n) is 2.74. The van der Waals surface area contributed by atoms with Gasteiger partial charge in [0.05, 0.1) is 19.6 Å². The summed E-state index contributed by atoms with van der Waals surface area (Å²) in [5, 5.41) is 2.97. The number of carbonyl (C=O) groups is 2. The van der Waals surface area contributed by atoms with Gasteiger partial charge in [0.2, 0.25) is 5.91 Å². The number of ether oxygens (including phenoxy) is 1. The number of esters is 1. The molecule has 0 heterocycles. The Hall–Kier alpha value is -1.11. The fraction of sp³-hybridized carbons (Fsp3) is 0.500. The monoisotopic (exact) mass is 404 g/mol. The van der Waals surface area contributed by atoms with Crippen molar-refractivity contribution in [3.8, 4) is 0 Å². The van der Waals surface area contributed by atoms with E-state index in [1.54, 1.807) is 0 Å². The van der Waals surface area contributed by atoms with Crippen molar-refractivity contribution in [2.75, 3.05) is 7.11 Å². The number of nitrogens with one attached hydrogen (secondary N) is 1. The third kappa shape index (κ3) is 5.79. The molecule has 1 amide bonds. The number of rotatable bonds is 5. The molecule has 1 aromatic rings. The molecule has 0 aliphatic heterocycles. The minimum atomic E-state index is -0.384. The van der Waals surface area contributed by atoms with Gasteiger partial charge in [0.25, 0.3) is 0 Å². The topological polar surface area (TPSA) is 81.4 Å². The lowest BCUT2D eigenvalue weighted by molar-refractivity contribution is -0.141. The first kappa shape index (κ1) is 19.9. The molecule has 0 radical (unpaired) electrons. The Kier molecular flexibility index (Phi) is 8.02. The molecule has 3 unspecified atom stereocenters. The summed E-state index contributed by atoms with van der Waals surface area (Å²) in [4.78, 5) is 24.0. The average molecular weight is 406 g/mol. The largest absolute Gasteiger partial charge is 0.469 e. The molecule has 1 aliphatic rings. The van der Waals surface area contributed by atoms with E-state index in [1.165, 1.54) is 7.11 Å². The molecule has 128 valence electrons. The third-order valence-electron chi connectivity index (χ3n) is 4.03. The van der Waals surface area contributed by atoms with Gasteiger partial charge in [-0.2, -0.15) is 0 Å². The van der Waals surface area contributed by atoms with Gasteiger partial charge < -0.3 is 15.8 Å². The normalized spacial score (nSPS) is 21.2. The first-order chi connectivity index (χ1) is 10.5. The van der Waals surface area contributed by atoms with Crippen molar-refractivity contribution in [3.05, 3.63) is 34.3 Å². The predicted octanol–water partition coefficient (Wildman–Crippen LogP) is 2.72. The minimum Gasteiger partial charge on any atom is -0.469 e. The van der Waals surface area contributed by atoms with Crippen LogP contribution in [0.15, 0.2) is 28.7 Å². The Morgan fingerprint density at radius 2 is 2.00 bits per heavy atom. The van der Waals surface area contributed by atoms with Gasteiger partial charge in [-0.15, -0.1) is 12.4 Å². The summed E-state index contributed by atoms with van der Waals surface area (Å²) in [7, 11) is 1.35. The highest BCUT2D eigenvalue weighted by atomic mass is 79.9. The van der Waals surface area contributed by atoms with Gasteiger partial charge in [0.1, 0.15) is 0 Å². The van der Waals surface area contributed by atoms with E-state index in [4.69, 9.17) is 10.5 Å². The Bertz CT molecular complexity index is 539. The van der Waals surface area contributed by atoms with E-state index in [1.807, 2.05) is 24.3 Å². The van der Waals surface area contributed by atoms with Gasteiger partial charge in [-0.25, -0.2) is 0 Å². The molecule has 1 fully saturated rings. The number of halogens is 2. The van der Waals surface area contributed by atoms with E-state index in [0.29, 0.717) is 6.42 Å². The summed E-state index contributed by atoms with van der Waals surface area (Å²) >= 11 is 3.38. The molecular weight excluding hydrogens is 384 g/mol. The van der Waals surface area contributed by atoms with Crippen LogP contribution in [0, 0.1) is 5.92 Å². The maximum absolute atomic E-state index is 12.4. The molecule has 3 atom stereocenters. The van der Waals surface area contributed by atoms with Crippen LogP contribution in [-0.2, 0) is 14.3 Å². The smallest absolute Gasteiger partial charge is 0.307 e. The fourth-order valence-corrected chi connectivity index (χ4v) is 3.01. The van der Waals surface area contributed by atoms with Gasteiger partial charge in [0, 0.05) is 16.4 Å². The van der Waals surface area contributed by atoms with E-state index >= 15 is 0 Å². The molecule has 1 saturated carbocycles. The zero-order valence-electron chi connectivity index (χ0n) is 13.0. The SMILES string of the molecule is COC(=O)CC(NC(=O)C1CCC(N)C1)c1ccc(Br)cc1.Cl. The Morgan fingerprint density at radius 1 is 1.35 bits per heavy atom. The summed E-state index contributed by atoms with van der Waals surface area (Å²) in [6.45, 7) is 0. The molecule has 0 bridgehead atoms. The van der Waals surface area contributed by atoms with Gasteiger partial charge in [-0.3, -0.25) is 9.59 Å². The standard InChI is InChI=1S/C16H21BrN2O3.ClH/c1-22-15(20)9-14(10-2-5-12(17)6-3-10)19-16(21)11-4-7-13(18)8-11;/h2-3,5-6,11,13-14H,4,7-9,18H2,1H3,(H,19,21);1H. The van der Waals surface area contributed by atoms with Crippen molar-refractivity contribution in [3.63, 3.8) is 0 Å². The van der Waals surface area contributed by atoms with E-state index in [-0.39, 0.29) is 48.7 Å². The van der Waals surface area contributed by atoms with Crippen LogP contribution in [0.2, 0.25) is 0 Å². The zero-order valence-corrected chi connectivity index (χ0v) is 15.4. The van der Waals surface area contributed by atoms with Crippen LogP contribution in [-0.4, -0.2) is 25.0 Å². The number of methoxy groups -OCH3 is 1. The van der Waals surface area contributed by atoms with Crippen molar-refractivity contribution in [1.82, 2.24) is 5.32 Å². The molecular formula is C16H22BrClN2O3. The molecule has 1 aromatic carbocycles. The van der Waals surface area contributed by atoms with Gasteiger partial charge in [0.15, 0.2) is 0 Å². The Labute approximate surface area is 150 Å². The van der Waals surface area contributed by atoms with Gasteiger partial charge in [-0.05, 0) is 37.0 Å². The highest BCUT2D eigenvalue weighted by Crippen LogP contribution is 2.26. The first-order valence-electron chi connectivity index (χ1n) is 7.38. The van der Waals surface area contributed by atoms with Crippen LogP contribution in [0.4, 0.5) is 0 Å². The van der Waals surface area contributed by atoms with E-state index in [0.717, 1.165) is 22.9 Å². The van der Waals surface area contributed by atoms with Crippen LogP contribution in [0.25, 0.3) is 0 Å². The van der Waals surface area contributed by atoms with Gasteiger partial charge >= 0.3 is 5.97 Å². The second-order valence-electron chi connectivity index (χ2n) is 5.66. The van der Waals surface area contributed by atoms with E-state index in [2.05, 4.69) is 21.2 Å². The number of hydrogen-bond donors (Lipinski definition) is 2. The Balaban J connectivity index is 0.00000264. The van der Waals surface area contributed by atoms with Crippen molar-refractivity contribution < 1.29 is 14.3 Å². The maximum Gasteiger partial charge on any atom is 0.307 e. The van der Waals surface area contributed by atoms with Crippen molar-refractivity contribution in [2.45, 2.75) is 37.8 Å². The molecule has 5 nitrogen and oxygen atoms in total. The highest BCUT2D eigenvalue weighted by Gasteiger charge is 2.30. The predicted molar refractivity (Wildman–Crippen MR) is 94.2 cm³/mol. The number of carbonyl (C=O) groups excluding carboxylic acids is 2. The maximum atomic E-state index is 12.4. The van der Waals surface area contributed by atoms with Crippen LogP contribution in [0.3, 0.4) is 0 Å². The van der Waals surface area contributed by atoms with Crippen molar-refractivity contribution in [2.24, 2.45) is 11.7 Å². The van der Waals surface area contributed by atoms with Crippen LogP contribution >= 0.6 is 28.3 Å². The highest BCUT2D eigenvalue weighted by molar-refractivity contribution is 9.10. The number of nitrogens with two attached hydrogens (primary N) is 1.